The summed E-state index contributed by atoms with van der Waals surface area (Å²) in [7, 11) is 0. The molecule has 2 aromatic rings. The van der Waals surface area contributed by atoms with Gasteiger partial charge >= 0.3 is 5.97 Å². The first-order chi connectivity index (χ1) is 9.16. The predicted molar refractivity (Wildman–Crippen MR) is 76.0 cm³/mol. The van der Waals surface area contributed by atoms with Crippen molar-refractivity contribution in [2.75, 3.05) is 12.3 Å². The third-order valence-corrected chi connectivity index (χ3v) is 2.90. The maximum Gasteiger partial charge on any atom is 0.340 e. The van der Waals surface area contributed by atoms with Crippen LogP contribution in [0, 0.1) is 6.92 Å². The molecule has 2 aromatic carbocycles. The third-order valence-electron chi connectivity index (χ3n) is 2.90. The molecule has 0 spiro atoms. The SMILES string of the molecule is Cc1ccc(N)c(C(=O)OCCc2ccccc2)c1. The average molecular weight is 255 g/mol. The van der Waals surface area contributed by atoms with Gasteiger partial charge in [-0.2, -0.15) is 0 Å². The molecule has 2 rings (SSSR count). The molecule has 0 heterocycles. The molecular formula is C16H17NO2. The molecule has 0 aliphatic heterocycles. The van der Waals surface area contributed by atoms with Crippen LogP contribution >= 0.6 is 0 Å². The van der Waals surface area contributed by atoms with Crippen molar-refractivity contribution in [3.05, 3.63) is 65.2 Å². The molecule has 2 N–H and O–H groups in total. The minimum Gasteiger partial charge on any atom is -0.462 e. The van der Waals surface area contributed by atoms with Gasteiger partial charge in [-0.05, 0) is 24.6 Å². The van der Waals surface area contributed by atoms with Gasteiger partial charge in [0.1, 0.15) is 0 Å². The highest BCUT2D eigenvalue weighted by Gasteiger charge is 2.11. The number of hydrogen-bond donors (Lipinski definition) is 1. The van der Waals surface area contributed by atoms with Gasteiger partial charge < -0.3 is 10.5 Å². The molecule has 98 valence electrons. The van der Waals surface area contributed by atoms with Gasteiger partial charge in [0.2, 0.25) is 0 Å². The Morgan fingerprint density at radius 2 is 1.89 bits per heavy atom. The van der Waals surface area contributed by atoms with Crippen LogP contribution in [0.2, 0.25) is 0 Å². The number of carbonyl (C=O) groups excluding carboxylic acids is 1. The second kappa shape index (κ2) is 6.05. The van der Waals surface area contributed by atoms with E-state index < -0.39 is 0 Å². The number of rotatable bonds is 4. The molecule has 0 bridgehead atoms. The number of benzene rings is 2. The van der Waals surface area contributed by atoms with E-state index in [2.05, 4.69) is 0 Å². The lowest BCUT2D eigenvalue weighted by Gasteiger charge is -2.08. The number of nitrogen functional groups attached to an aromatic ring is 1. The number of ether oxygens (including phenoxy) is 1. The lowest BCUT2D eigenvalue weighted by Crippen LogP contribution is -2.10. The number of carbonyl (C=O) groups is 1. The first kappa shape index (κ1) is 13.1. The van der Waals surface area contributed by atoms with Gasteiger partial charge in [-0.15, -0.1) is 0 Å². The van der Waals surface area contributed by atoms with Crippen molar-refractivity contribution in [3.8, 4) is 0 Å². The summed E-state index contributed by atoms with van der Waals surface area (Å²) in [4.78, 5) is 11.9. The first-order valence-corrected chi connectivity index (χ1v) is 6.24. The van der Waals surface area contributed by atoms with Crippen LogP contribution in [0.4, 0.5) is 5.69 Å². The van der Waals surface area contributed by atoms with Gasteiger partial charge in [-0.1, -0.05) is 42.0 Å². The lowest BCUT2D eigenvalue weighted by molar-refractivity contribution is 0.0510. The van der Waals surface area contributed by atoms with E-state index in [9.17, 15) is 4.79 Å². The van der Waals surface area contributed by atoms with Gasteiger partial charge in [-0.3, -0.25) is 0 Å². The van der Waals surface area contributed by atoms with Crippen LogP contribution in [-0.2, 0) is 11.2 Å². The highest BCUT2D eigenvalue weighted by atomic mass is 16.5. The van der Waals surface area contributed by atoms with Crippen LogP contribution in [0.1, 0.15) is 21.5 Å². The van der Waals surface area contributed by atoms with Crippen molar-refractivity contribution in [2.45, 2.75) is 13.3 Å². The van der Waals surface area contributed by atoms with Crippen molar-refractivity contribution in [2.24, 2.45) is 0 Å². The molecule has 0 atom stereocenters. The molecule has 19 heavy (non-hydrogen) atoms. The van der Waals surface area contributed by atoms with Crippen LogP contribution < -0.4 is 5.73 Å². The lowest BCUT2D eigenvalue weighted by atomic mass is 10.1. The maximum atomic E-state index is 11.9. The molecule has 0 fully saturated rings. The van der Waals surface area contributed by atoms with Crippen LogP contribution in [-0.4, -0.2) is 12.6 Å². The minimum atomic E-state index is -0.364. The van der Waals surface area contributed by atoms with Crippen LogP contribution in [0.15, 0.2) is 48.5 Å². The van der Waals surface area contributed by atoms with Crippen molar-refractivity contribution < 1.29 is 9.53 Å². The molecule has 0 saturated heterocycles. The second-order valence-corrected chi connectivity index (χ2v) is 4.46. The van der Waals surface area contributed by atoms with E-state index in [0.717, 1.165) is 11.1 Å². The third kappa shape index (κ3) is 3.58. The van der Waals surface area contributed by atoms with Gasteiger partial charge in [0.15, 0.2) is 0 Å². The van der Waals surface area contributed by atoms with Gasteiger partial charge in [0.25, 0.3) is 0 Å². The van der Waals surface area contributed by atoms with Crippen molar-refractivity contribution in [1.82, 2.24) is 0 Å². The summed E-state index contributed by atoms with van der Waals surface area (Å²) in [5.41, 5.74) is 8.80. The minimum absolute atomic E-state index is 0.357. The topological polar surface area (TPSA) is 52.3 Å². The summed E-state index contributed by atoms with van der Waals surface area (Å²) in [6, 6.07) is 15.3. The molecule has 0 unspecified atom stereocenters. The molecule has 0 radical (unpaired) electrons. The number of hydrogen-bond acceptors (Lipinski definition) is 3. The Hall–Kier alpha value is -2.29. The predicted octanol–water partition coefficient (Wildman–Crippen LogP) is 2.98. The van der Waals surface area contributed by atoms with Crippen molar-refractivity contribution in [1.29, 1.82) is 0 Å². The summed E-state index contributed by atoms with van der Waals surface area (Å²) in [6.07, 6.45) is 0.707. The van der Waals surface area contributed by atoms with Gasteiger partial charge in [-0.25, -0.2) is 4.79 Å². The fraction of sp³-hybridized carbons (Fsp3) is 0.188. The van der Waals surface area contributed by atoms with E-state index >= 15 is 0 Å². The summed E-state index contributed by atoms with van der Waals surface area (Å²) in [6.45, 7) is 2.27. The zero-order chi connectivity index (χ0) is 13.7. The Balaban J connectivity index is 1.93. The second-order valence-electron chi connectivity index (χ2n) is 4.46. The average Bonchev–Trinajstić information content (AvgIpc) is 2.42. The molecule has 0 aromatic heterocycles. The van der Waals surface area contributed by atoms with Crippen molar-refractivity contribution in [3.63, 3.8) is 0 Å². The molecule has 3 heteroatoms. The van der Waals surface area contributed by atoms with E-state index in [1.165, 1.54) is 0 Å². The van der Waals surface area contributed by atoms with E-state index in [1.807, 2.05) is 43.3 Å². The molecule has 0 saturated carbocycles. The fourth-order valence-corrected chi connectivity index (χ4v) is 1.83. The van der Waals surface area contributed by atoms with Crippen LogP contribution in [0.3, 0.4) is 0 Å². The maximum absolute atomic E-state index is 11.9. The van der Waals surface area contributed by atoms with Crippen LogP contribution in [0.25, 0.3) is 0 Å². The molecule has 3 nitrogen and oxygen atoms in total. The number of esters is 1. The Morgan fingerprint density at radius 1 is 1.16 bits per heavy atom. The van der Waals surface area contributed by atoms with Crippen LogP contribution in [0.5, 0.6) is 0 Å². The standard InChI is InChI=1S/C16H17NO2/c1-12-7-8-15(17)14(11-12)16(18)19-10-9-13-5-3-2-4-6-13/h2-8,11H,9-10,17H2,1H3. The van der Waals surface area contributed by atoms with E-state index in [4.69, 9.17) is 10.5 Å². The van der Waals surface area contributed by atoms with Crippen molar-refractivity contribution >= 4 is 11.7 Å². The summed E-state index contributed by atoms with van der Waals surface area (Å²) in [5, 5.41) is 0. The highest BCUT2D eigenvalue weighted by Crippen LogP contribution is 2.15. The van der Waals surface area contributed by atoms with E-state index in [-0.39, 0.29) is 5.97 Å². The summed E-state index contributed by atoms with van der Waals surface area (Å²) >= 11 is 0. The number of anilines is 1. The normalized spacial score (nSPS) is 10.2. The Bertz CT molecular complexity index is 564. The zero-order valence-corrected chi connectivity index (χ0v) is 10.9. The monoisotopic (exact) mass is 255 g/mol. The van der Waals surface area contributed by atoms with E-state index in [1.54, 1.807) is 12.1 Å². The molecule has 0 aliphatic rings. The van der Waals surface area contributed by atoms with Gasteiger partial charge in [0.05, 0.1) is 12.2 Å². The largest absolute Gasteiger partial charge is 0.462 e. The Morgan fingerprint density at radius 3 is 2.63 bits per heavy atom. The first-order valence-electron chi connectivity index (χ1n) is 6.24. The van der Waals surface area contributed by atoms with E-state index in [0.29, 0.717) is 24.3 Å². The highest BCUT2D eigenvalue weighted by molar-refractivity contribution is 5.95. The van der Waals surface area contributed by atoms with Gasteiger partial charge in [0, 0.05) is 12.1 Å². The molecular weight excluding hydrogens is 238 g/mol. The zero-order valence-electron chi connectivity index (χ0n) is 10.9. The Kier molecular flexibility index (Phi) is 4.18. The Labute approximate surface area is 113 Å². The quantitative estimate of drug-likeness (QED) is 0.675. The smallest absolute Gasteiger partial charge is 0.340 e. The molecule has 0 amide bonds. The summed E-state index contributed by atoms with van der Waals surface area (Å²) < 4.78 is 5.25. The summed E-state index contributed by atoms with van der Waals surface area (Å²) in [5.74, 6) is -0.364. The number of aryl methyl sites for hydroxylation is 1. The molecule has 0 aliphatic carbocycles. The fourth-order valence-electron chi connectivity index (χ4n) is 1.83. The number of nitrogens with two attached hydrogens (primary N) is 1.